The number of carbonyl (C=O) groups is 2. The van der Waals surface area contributed by atoms with Crippen LogP contribution in [-0.2, 0) is 19.1 Å². The van der Waals surface area contributed by atoms with Gasteiger partial charge in [-0.25, -0.2) is 0 Å². The second-order valence-electron chi connectivity index (χ2n) is 10.5. The Bertz CT molecular complexity index is 480. The third-order valence-corrected chi connectivity index (χ3v) is 6.89. The molecule has 1 atom stereocenters. The van der Waals surface area contributed by atoms with Crippen molar-refractivity contribution in [2.75, 3.05) is 13.2 Å². The van der Waals surface area contributed by atoms with E-state index in [-0.39, 0.29) is 18.4 Å². The molecule has 0 bridgehead atoms. The molecule has 0 rings (SSSR count). The highest BCUT2D eigenvalue weighted by Gasteiger charge is 2.15. The zero-order valence-electron chi connectivity index (χ0n) is 24.0. The van der Waals surface area contributed by atoms with E-state index in [0.717, 1.165) is 32.1 Å². The molecule has 0 aliphatic rings. The Balaban J connectivity index is 3.56. The van der Waals surface area contributed by atoms with E-state index >= 15 is 0 Å². The average molecular weight is 513 g/mol. The lowest BCUT2D eigenvalue weighted by molar-refractivity contribution is -0.188. The minimum atomic E-state index is -1.04. The lowest BCUT2D eigenvalue weighted by atomic mass is 10.0. The van der Waals surface area contributed by atoms with Gasteiger partial charge in [0.05, 0.1) is 0 Å². The number of aliphatic hydroxyl groups is 1. The number of hydrogen-bond acceptors (Lipinski definition) is 5. The van der Waals surface area contributed by atoms with Crippen molar-refractivity contribution in [3.05, 3.63) is 0 Å². The molecule has 1 N–H and O–H groups in total. The summed E-state index contributed by atoms with van der Waals surface area (Å²) in [6.07, 6.45) is 27.1. The fraction of sp³-hybridized carbons (Fsp3) is 0.935. The second kappa shape index (κ2) is 28.6. The first kappa shape index (κ1) is 35.1. The summed E-state index contributed by atoms with van der Waals surface area (Å²) in [6.45, 7) is 3.96. The quantitative estimate of drug-likeness (QED) is 0.0615. The molecule has 0 fully saturated rings. The van der Waals surface area contributed by atoms with Gasteiger partial charge in [0.25, 0.3) is 0 Å². The van der Waals surface area contributed by atoms with Crippen LogP contribution in [0.25, 0.3) is 0 Å². The minimum Gasteiger partial charge on any atom is -0.433 e. The van der Waals surface area contributed by atoms with Crippen molar-refractivity contribution in [1.82, 2.24) is 0 Å². The van der Waals surface area contributed by atoms with Gasteiger partial charge in [-0.3, -0.25) is 9.59 Å². The van der Waals surface area contributed by atoms with Gasteiger partial charge < -0.3 is 14.6 Å². The second-order valence-corrected chi connectivity index (χ2v) is 10.5. The van der Waals surface area contributed by atoms with E-state index in [0.29, 0.717) is 12.8 Å². The Labute approximate surface area is 223 Å². The number of ketones is 1. The van der Waals surface area contributed by atoms with Gasteiger partial charge in [-0.2, -0.15) is 0 Å². The lowest BCUT2D eigenvalue weighted by Gasteiger charge is -2.16. The van der Waals surface area contributed by atoms with Gasteiger partial charge in [-0.15, -0.1) is 0 Å². The monoisotopic (exact) mass is 512 g/mol. The van der Waals surface area contributed by atoms with E-state index in [1.807, 2.05) is 0 Å². The van der Waals surface area contributed by atoms with Crippen molar-refractivity contribution in [2.24, 2.45) is 0 Å². The fourth-order valence-corrected chi connectivity index (χ4v) is 4.51. The van der Waals surface area contributed by atoms with Crippen LogP contribution in [0, 0.1) is 0 Å². The molecule has 0 heterocycles. The molecule has 0 unspecified atom stereocenters. The standard InChI is InChI=1S/C31H60O5/c1-3-5-7-9-11-13-14-15-16-18-20-22-24-26-30(34)36-31(27-32)35-28-29(33)25-23-21-19-17-12-10-8-6-4-2/h31-32H,3-28H2,1-2H3/t31-/m0/s1. The maximum absolute atomic E-state index is 12.0. The van der Waals surface area contributed by atoms with Gasteiger partial charge in [-0.1, -0.05) is 142 Å². The van der Waals surface area contributed by atoms with Gasteiger partial charge >= 0.3 is 5.97 Å². The van der Waals surface area contributed by atoms with Crippen LogP contribution in [0.15, 0.2) is 0 Å². The Hall–Kier alpha value is -0.940. The predicted octanol–water partition coefficient (Wildman–Crippen LogP) is 8.84. The van der Waals surface area contributed by atoms with E-state index in [4.69, 9.17) is 9.47 Å². The van der Waals surface area contributed by atoms with Crippen LogP contribution in [-0.4, -0.2) is 36.4 Å². The van der Waals surface area contributed by atoms with Crippen molar-refractivity contribution in [1.29, 1.82) is 0 Å². The normalized spacial score (nSPS) is 12.1. The van der Waals surface area contributed by atoms with E-state index in [2.05, 4.69) is 13.8 Å². The highest BCUT2D eigenvalue weighted by atomic mass is 16.7. The number of esters is 1. The van der Waals surface area contributed by atoms with E-state index < -0.39 is 12.9 Å². The highest BCUT2D eigenvalue weighted by Crippen LogP contribution is 2.14. The summed E-state index contributed by atoms with van der Waals surface area (Å²) >= 11 is 0. The molecule has 5 heteroatoms. The first-order valence-electron chi connectivity index (χ1n) is 15.6. The van der Waals surface area contributed by atoms with Crippen LogP contribution in [0.1, 0.15) is 168 Å². The first-order valence-corrected chi connectivity index (χ1v) is 15.6. The van der Waals surface area contributed by atoms with Crippen molar-refractivity contribution in [3.63, 3.8) is 0 Å². The van der Waals surface area contributed by atoms with Gasteiger partial charge in [0.2, 0.25) is 6.29 Å². The molecule has 0 aliphatic carbocycles. The SMILES string of the molecule is CCCCCCCCCCCCCCCC(=O)O[C@@H](CO)OCC(=O)CCCCCCCCCCC. The van der Waals surface area contributed by atoms with Crippen LogP contribution < -0.4 is 0 Å². The zero-order chi connectivity index (χ0) is 26.5. The van der Waals surface area contributed by atoms with Crippen LogP contribution in [0.5, 0.6) is 0 Å². The third kappa shape index (κ3) is 26.1. The van der Waals surface area contributed by atoms with Gasteiger partial charge in [0.15, 0.2) is 5.78 Å². The average Bonchev–Trinajstić information content (AvgIpc) is 2.88. The Kier molecular flexibility index (Phi) is 27.9. The molecule has 0 saturated heterocycles. The summed E-state index contributed by atoms with van der Waals surface area (Å²) < 4.78 is 10.5. The van der Waals surface area contributed by atoms with Crippen molar-refractivity contribution in [3.8, 4) is 0 Å². The molecule has 0 aliphatic heterocycles. The summed E-state index contributed by atoms with van der Waals surface area (Å²) in [5.74, 6) is -0.354. The summed E-state index contributed by atoms with van der Waals surface area (Å²) in [5.41, 5.74) is 0. The van der Waals surface area contributed by atoms with Crippen LogP contribution in [0.2, 0.25) is 0 Å². The minimum absolute atomic E-state index is 0.00365. The van der Waals surface area contributed by atoms with E-state index in [9.17, 15) is 14.7 Å². The summed E-state index contributed by atoms with van der Waals surface area (Å²) in [6, 6.07) is 0. The highest BCUT2D eigenvalue weighted by molar-refractivity contribution is 5.79. The van der Waals surface area contributed by atoms with Crippen LogP contribution in [0.4, 0.5) is 0 Å². The molecule has 0 aromatic heterocycles. The Morgan fingerprint density at radius 1 is 0.556 bits per heavy atom. The maximum atomic E-state index is 12.0. The Morgan fingerprint density at radius 3 is 1.31 bits per heavy atom. The fourth-order valence-electron chi connectivity index (χ4n) is 4.51. The lowest BCUT2D eigenvalue weighted by Crippen LogP contribution is -2.27. The van der Waals surface area contributed by atoms with Gasteiger partial charge in [0.1, 0.15) is 13.2 Å². The molecule has 0 saturated carbocycles. The number of rotatable bonds is 29. The first-order chi connectivity index (χ1) is 17.6. The van der Waals surface area contributed by atoms with Crippen molar-refractivity contribution < 1.29 is 24.2 Å². The number of hydrogen-bond donors (Lipinski definition) is 1. The van der Waals surface area contributed by atoms with Crippen LogP contribution >= 0.6 is 0 Å². The summed E-state index contributed by atoms with van der Waals surface area (Å²) in [7, 11) is 0. The topological polar surface area (TPSA) is 72.8 Å². The molecule has 0 aromatic rings. The Morgan fingerprint density at radius 2 is 0.917 bits per heavy atom. The van der Waals surface area contributed by atoms with Crippen molar-refractivity contribution in [2.45, 2.75) is 174 Å². The maximum Gasteiger partial charge on any atom is 0.308 e. The molecule has 5 nitrogen and oxygen atoms in total. The molecular formula is C31H60O5. The molecule has 36 heavy (non-hydrogen) atoms. The van der Waals surface area contributed by atoms with Gasteiger partial charge in [0, 0.05) is 12.8 Å². The van der Waals surface area contributed by atoms with E-state index in [1.54, 1.807) is 0 Å². The number of ether oxygens (including phenoxy) is 2. The molecule has 0 amide bonds. The number of Topliss-reactive ketones (excluding diaryl/α,β-unsaturated/α-hetero) is 1. The molecule has 0 spiro atoms. The number of aliphatic hydroxyl groups excluding tert-OH is 1. The molecule has 214 valence electrons. The predicted molar refractivity (Wildman–Crippen MR) is 150 cm³/mol. The smallest absolute Gasteiger partial charge is 0.308 e. The van der Waals surface area contributed by atoms with E-state index in [1.165, 1.54) is 109 Å². The van der Waals surface area contributed by atoms with Crippen molar-refractivity contribution >= 4 is 11.8 Å². The number of unbranched alkanes of at least 4 members (excludes halogenated alkanes) is 20. The molecule has 0 aromatic carbocycles. The molecule has 0 radical (unpaired) electrons. The van der Waals surface area contributed by atoms with Gasteiger partial charge in [-0.05, 0) is 12.8 Å². The third-order valence-electron chi connectivity index (χ3n) is 6.89. The molecular weight excluding hydrogens is 452 g/mol. The number of carbonyl (C=O) groups excluding carboxylic acids is 2. The van der Waals surface area contributed by atoms with Crippen LogP contribution in [0.3, 0.4) is 0 Å². The largest absolute Gasteiger partial charge is 0.433 e. The zero-order valence-corrected chi connectivity index (χ0v) is 24.0. The summed E-state index contributed by atoms with van der Waals surface area (Å²) in [5, 5.41) is 9.41. The summed E-state index contributed by atoms with van der Waals surface area (Å²) in [4.78, 5) is 24.0.